The van der Waals surface area contributed by atoms with Crippen molar-refractivity contribution >= 4 is 0 Å². The van der Waals surface area contributed by atoms with Crippen LogP contribution in [0.25, 0.3) is 0 Å². The lowest BCUT2D eigenvalue weighted by molar-refractivity contribution is 0.171. The molecule has 0 aliphatic carbocycles. The molecule has 0 bridgehead atoms. The lowest BCUT2D eigenvalue weighted by Crippen LogP contribution is -2.11. The van der Waals surface area contributed by atoms with Crippen molar-refractivity contribution in [2.75, 3.05) is 20.6 Å². The summed E-state index contributed by atoms with van der Waals surface area (Å²) in [5.41, 5.74) is 6.62. The van der Waals surface area contributed by atoms with Crippen molar-refractivity contribution in [2.45, 2.75) is 12.5 Å². The summed E-state index contributed by atoms with van der Waals surface area (Å²) in [6.07, 6.45) is 0.281. The molecule has 0 aromatic heterocycles. The van der Waals surface area contributed by atoms with Gasteiger partial charge in [-0.05, 0) is 24.1 Å². The Bertz CT molecular complexity index is 384. The number of ether oxygens (including phenoxy) is 3. The highest BCUT2D eigenvalue weighted by Gasteiger charge is 2.21. The molecular formula is C11H14FNO3. The van der Waals surface area contributed by atoms with Crippen molar-refractivity contribution in [1.29, 1.82) is 0 Å². The van der Waals surface area contributed by atoms with Crippen LogP contribution in [-0.2, 0) is 0 Å². The number of benzene rings is 1. The summed E-state index contributed by atoms with van der Waals surface area (Å²) in [6.45, 7) is -0.272. The van der Waals surface area contributed by atoms with E-state index in [0.717, 1.165) is 5.56 Å². The second-order valence-corrected chi connectivity index (χ2v) is 3.54. The molecule has 1 aromatic carbocycles. The second-order valence-electron chi connectivity index (χ2n) is 3.54. The maximum atomic E-state index is 12.2. The number of fused-ring (bicyclic) bond motifs is 1. The van der Waals surface area contributed by atoms with Crippen molar-refractivity contribution in [1.82, 2.24) is 0 Å². The van der Waals surface area contributed by atoms with E-state index >= 15 is 0 Å². The molecule has 16 heavy (non-hydrogen) atoms. The standard InChI is InChI=1S/C11H14FNO3/c1-14-9-4-7(8(13)2-3-12)5-10-11(9)16-6-15-10/h4-5,8H,2-3,6,13H2,1H3/t8-/m1/s1. The summed E-state index contributed by atoms with van der Waals surface area (Å²) in [6, 6.07) is 3.17. The highest BCUT2D eigenvalue weighted by atomic mass is 19.1. The fourth-order valence-corrected chi connectivity index (χ4v) is 1.65. The van der Waals surface area contributed by atoms with Crippen LogP contribution in [0, 0.1) is 0 Å². The predicted molar refractivity (Wildman–Crippen MR) is 56.6 cm³/mol. The van der Waals surface area contributed by atoms with E-state index in [-0.39, 0.29) is 19.3 Å². The van der Waals surface area contributed by atoms with Crippen molar-refractivity contribution in [3.05, 3.63) is 17.7 Å². The fourth-order valence-electron chi connectivity index (χ4n) is 1.65. The molecule has 0 fully saturated rings. The van der Waals surface area contributed by atoms with Crippen LogP contribution in [0.1, 0.15) is 18.0 Å². The van der Waals surface area contributed by atoms with E-state index in [1.807, 2.05) is 0 Å². The fraction of sp³-hybridized carbons (Fsp3) is 0.455. The van der Waals surface area contributed by atoms with E-state index in [1.165, 1.54) is 0 Å². The van der Waals surface area contributed by atoms with E-state index < -0.39 is 6.67 Å². The van der Waals surface area contributed by atoms with Crippen molar-refractivity contribution < 1.29 is 18.6 Å². The molecule has 0 saturated heterocycles. The molecule has 1 aliphatic heterocycles. The lowest BCUT2D eigenvalue weighted by Gasteiger charge is -2.12. The first-order chi connectivity index (χ1) is 7.76. The van der Waals surface area contributed by atoms with Crippen LogP contribution < -0.4 is 19.9 Å². The maximum Gasteiger partial charge on any atom is 0.231 e. The van der Waals surface area contributed by atoms with Gasteiger partial charge in [-0.3, -0.25) is 4.39 Å². The summed E-state index contributed by atoms with van der Waals surface area (Å²) >= 11 is 0. The number of nitrogens with two attached hydrogens (primary N) is 1. The summed E-state index contributed by atoms with van der Waals surface area (Å²) in [5.74, 6) is 1.75. The van der Waals surface area contributed by atoms with Crippen molar-refractivity contribution in [3.8, 4) is 17.2 Å². The molecule has 0 saturated carbocycles. The van der Waals surface area contributed by atoms with Crippen LogP contribution in [0.5, 0.6) is 17.2 Å². The minimum absolute atomic E-state index is 0.174. The largest absolute Gasteiger partial charge is 0.493 e. The Balaban J connectivity index is 2.34. The first kappa shape index (κ1) is 11.0. The van der Waals surface area contributed by atoms with Gasteiger partial charge in [-0.1, -0.05) is 0 Å². The van der Waals surface area contributed by atoms with Gasteiger partial charge in [-0.15, -0.1) is 0 Å². The molecule has 0 radical (unpaired) electrons. The third-order valence-corrected chi connectivity index (χ3v) is 2.53. The van der Waals surface area contributed by atoms with Gasteiger partial charge in [0.15, 0.2) is 11.5 Å². The molecule has 4 nitrogen and oxygen atoms in total. The Morgan fingerprint density at radius 1 is 1.50 bits per heavy atom. The molecule has 0 spiro atoms. The molecular weight excluding hydrogens is 213 g/mol. The molecule has 2 N–H and O–H groups in total. The van der Waals surface area contributed by atoms with Gasteiger partial charge in [0.1, 0.15) is 0 Å². The zero-order valence-electron chi connectivity index (χ0n) is 9.03. The smallest absolute Gasteiger partial charge is 0.231 e. The molecule has 2 rings (SSSR count). The number of hydrogen-bond acceptors (Lipinski definition) is 4. The summed E-state index contributed by atoms with van der Waals surface area (Å²) < 4.78 is 27.9. The average molecular weight is 227 g/mol. The number of methoxy groups -OCH3 is 1. The Morgan fingerprint density at radius 2 is 2.31 bits per heavy atom. The highest BCUT2D eigenvalue weighted by Crippen LogP contribution is 2.42. The highest BCUT2D eigenvalue weighted by molar-refractivity contribution is 5.55. The van der Waals surface area contributed by atoms with Crippen molar-refractivity contribution in [3.63, 3.8) is 0 Å². The zero-order valence-corrected chi connectivity index (χ0v) is 9.03. The minimum Gasteiger partial charge on any atom is -0.493 e. The van der Waals surface area contributed by atoms with E-state index in [1.54, 1.807) is 19.2 Å². The van der Waals surface area contributed by atoms with Gasteiger partial charge in [-0.2, -0.15) is 0 Å². The Kier molecular flexibility index (Phi) is 3.14. The van der Waals surface area contributed by atoms with Gasteiger partial charge in [0.05, 0.1) is 13.8 Å². The molecule has 1 aliphatic rings. The van der Waals surface area contributed by atoms with Gasteiger partial charge in [0, 0.05) is 6.04 Å². The molecule has 1 heterocycles. The molecule has 1 aromatic rings. The first-order valence-electron chi connectivity index (χ1n) is 5.05. The maximum absolute atomic E-state index is 12.2. The van der Waals surface area contributed by atoms with Gasteiger partial charge < -0.3 is 19.9 Å². The van der Waals surface area contributed by atoms with Gasteiger partial charge in [0.2, 0.25) is 12.5 Å². The first-order valence-corrected chi connectivity index (χ1v) is 5.05. The Hall–Kier alpha value is -1.49. The third-order valence-electron chi connectivity index (χ3n) is 2.53. The SMILES string of the molecule is COc1cc([C@H](N)CCF)cc2c1OCO2. The summed E-state index contributed by atoms with van der Waals surface area (Å²) in [4.78, 5) is 0. The number of halogens is 1. The van der Waals surface area contributed by atoms with E-state index in [0.29, 0.717) is 17.2 Å². The molecule has 0 amide bonds. The van der Waals surface area contributed by atoms with Crippen LogP contribution in [0.2, 0.25) is 0 Å². The van der Waals surface area contributed by atoms with E-state index in [4.69, 9.17) is 19.9 Å². The van der Waals surface area contributed by atoms with Gasteiger partial charge in [0.25, 0.3) is 0 Å². The van der Waals surface area contributed by atoms with Crippen LogP contribution in [0.4, 0.5) is 4.39 Å². The topological polar surface area (TPSA) is 53.7 Å². The van der Waals surface area contributed by atoms with Gasteiger partial charge in [-0.25, -0.2) is 0 Å². The molecule has 88 valence electrons. The minimum atomic E-state index is -0.447. The normalized spacial score (nSPS) is 14.9. The summed E-state index contributed by atoms with van der Waals surface area (Å²) in [5, 5.41) is 0. The third kappa shape index (κ3) is 1.90. The molecule has 5 heteroatoms. The number of alkyl halides is 1. The van der Waals surface area contributed by atoms with Crippen molar-refractivity contribution in [2.24, 2.45) is 5.73 Å². The van der Waals surface area contributed by atoms with Crippen LogP contribution >= 0.6 is 0 Å². The van der Waals surface area contributed by atoms with E-state index in [9.17, 15) is 4.39 Å². The number of hydrogen-bond donors (Lipinski definition) is 1. The van der Waals surface area contributed by atoms with Crippen LogP contribution in [0.3, 0.4) is 0 Å². The Labute approximate surface area is 93.1 Å². The predicted octanol–water partition coefficient (Wildman–Crippen LogP) is 1.78. The average Bonchev–Trinajstić information content (AvgIpc) is 2.75. The quantitative estimate of drug-likeness (QED) is 0.851. The van der Waals surface area contributed by atoms with Crippen LogP contribution in [-0.4, -0.2) is 20.6 Å². The number of rotatable bonds is 4. The lowest BCUT2D eigenvalue weighted by atomic mass is 10.0. The van der Waals surface area contributed by atoms with Crippen LogP contribution in [0.15, 0.2) is 12.1 Å². The molecule has 1 atom stereocenters. The zero-order chi connectivity index (χ0) is 11.5. The Morgan fingerprint density at radius 3 is 3.00 bits per heavy atom. The second kappa shape index (κ2) is 4.57. The molecule has 0 unspecified atom stereocenters. The monoisotopic (exact) mass is 227 g/mol. The summed E-state index contributed by atoms with van der Waals surface area (Å²) in [7, 11) is 1.54. The van der Waals surface area contributed by atoms with E-state index in [2.05, 4.69) is 0 Å². The van der Waals surface area contributed by atoms with Gasteiger partial charge >= 0.3 is 0 Å².